The van der Waals surface area contributed by atoms with Crippen molar-refractivity contribution in [2.45, 2.75) is 59.8 Å². The van der Waals surface area contributed by atoms with E-state index < -0.39 is 0 Å². The summed E-state index contributed by atoms with van der Waals surface area (Å²) in [6.07, 6.45) is 3.40. The van der Waals surface area contributed by atoms with Gasteiger partial charge in [-0.3, -0.25) is 0 Å². The molecule has 7 rings (SSSR count). The van der Waals surface area contributed by atoms with Gasteiger partial charge in [0, 0.05) is 19.1 Å². The molecule has 1 aliphatic rings. The molecule has 0 atom stereocenters. The normalized spacial score (nSPS) is 11.6. The molecular weight excluding hydrogens is 613 g/mol. The zero-order chi connectivity index (χ0) is 34.9. The Labute approximate surface area is 301 Å². The molecule has 0 unspecified atom stereocenters. The van der Waals surface area contributed by atoms with Crippen molar-refractivity contribution in [2.75, 3.05) is 26.9 Å². The van der Waals surface area contributed by atoms with E-state index in [4.69, 9.17) is 14.6 Å². The lowest BCUT2D eigenvalue weighted by atomic mass is 9.74. The maximum absolute atomic E-state index is 8.96. The average molecular weight is 669 g/mol. The fourth-order valence-corrected chi connectivity index (χ4v) is 6.18. The van der Waals surface area contributed by atoms with Crippen LogP contribution >= 0.6 is 0 Å². The predicted molar refractivity (Wildman–Crippen MR) is 215 cm³/mol. The molecule has 50 heavy (non-hydrogen) atoms. The van der Waals surface area contributed by atoms with Gasteiger partial charge in [-0.1, -0.05) is 156 Å². The van der Waals surface area contributed by atoms with E-state index in [9.17, 15) is 0 Å². The van der Waals surface area contributed by atoms with Gasteiger partial charge >= 0.3 is 0 Å². The maximum atomic E-state index is 8.96. The van der Waals surface area contributed by atoms with Crippen LogP contribution in [0.2, 0.25) is 0 Å². The highest BCUT2D eigenvalue weighted by molar-refractivity contribution is 5.88. The largest absolute Gasteiger partial charge is 0.491 e. The second kappa shape index (κ2) is 20.7. The van der Waals surface area contributed by atoms with Crippen LogP contribution in [-0.2, 0) is 23.0 Å². The summed E-state index contributed by atoms with van der Waals surface area (Å²) in [5.74, 6) is 0.789. The highest BCUT2D eigenvalue weighted by Gasteiger charge is 2.40. The van der Waals surface area contributed by atoms with Crippen molar-refractivity contribution in [3.05, 3.63) is 173 Å². The van der Waals surface area contributed by atoms with Crippen LogP contribution in [0.25, 0.3) is 21.9 Å². The van der Waals surface area contributed by atoms with Gasteiger partial charge in [0.15, 0.2) is 0 Å². The Bertz CT molecular complexity index is 1740. The van der Waals surface area contributed by atoms with Crippen LogP contribution in [0.3, 0.4) is 0 Å². The van der Waals surface area contributed by atoms with Crippen molar-refractivity contribution in [3.63, 3.8) is 0 Å². The molecule has 0 saturated carbocycles. The van der Waals surface area contributed by atoms with E-state index in [1.807, 2.05) is 24.3 Å². The number of aryl methyl sites for hydroxylation is 2. The minimum Gasteiger partial charge on any atom is -0.491 e. The lowest BCUT2D eigenvalue weighted by Crippen LogP contribution is -2.22. The number of aliphatic hydroxyl groups is 1. The van der Waals surface area contributed by atoms with E-state index in [0.29, 0.717) is 6.61 Å². The quantitative estimate of drug-likeness (QED) is 0.175. The van der Waals surface area contributed by atoms with Gasteiger partial charge in [0.2, 0.25) is 0 Å². The average Bonchev–Trinajstić information content (AvgIpc) is 3.44. The Morgan fingerprint density at radius 2 is 1.04 bits per heavy atom. The topological polar surface area (TPSA) is 38.7 Å². The highest BCUT2D eigenvalue weighted by Crippen LogP contribution is 2.52. The number of fused-ring (bicyclic) bond motifs is 4. The first-order chi connectivity index (χ1) is 24.0. The smallest absolute Gasteiger partial charge is 0.120 e. The molecule has 0 saturated heterocycles. The van der Waals surface area contributed by atoms with Crippen molar-refractivity contribution in [1.29, 1.82) is 0 Å². The van der Waals surface area contributed by atoms with Crippen molar-refractivity contribution >= 4 is 10.8 Å². The van der Waals surface area contributed by atoms with Gasteiger partial charge in [-0.15, -0.1) is 0 Å². The third kappa shape index (κ3) is 10.2. The summed E-state index contributed by atoms with van der Waals surface area (Å²) in [5.41, 5.74) is 9.31. The van der Waals surface area contributed by atoms with Gasteiger partial charge in [0.05, 0.1) is 6.61 Å². The molecule has 0 spiro atoms. The van der Waals surface area contributed by atoms with Gasteiger partial charge in [-0.25, -0.2) is 0 Å². The first-order valence-corrected chi connectivity index (χ1v) is 17.5. The van der Waals surface area contributed by atoms with Gasteiger partial charge in [-0.05, 0) is 94.1 Å². The molecule has 0 amide bonds. The minimum absolute atomic E-state index is 0. The third-order valence-corrected chi connectivity index (χ3v) is 8.88. The van der Waals surface area contributed by atoms with Crippen LogP contribution in [0.1, 0.15) is 69.4 Å². The molecule has 262 valence electrons. The highest BCUT2D eigenvalue weighted by atomic mass is 16.5. The summed E-state index contributed by atoms with van der Waals surface area (Å²) >= 11 is 0. The number of hydrogen-bond donors (Lipinski definition) is 1. The molecule has 1 aliphatic carbocycles. The minimum atomic E-state index is -0.173. The van der Waals surface area contributed by atoms with Crippen LogP contribution in [0.5, 0.6) is 5.75 Å². The summed E-state index contributed by atoms with van der Waals surface area (Å²) < 4.78 is 10.2. The second-order valence-electron chi connectivity index (χ2n) is 12.2. The van der Waals surface area contributed by atoms with Crippen molar-refractivity contribution < 1.29 is 14.6 Å². The Hall–Kier alpha value is -4.70. The standard InChI is InChI=1S/C26H22O2.2C8H10.C4H10O.CH4/c1-26(24-8-4-2-6-22(24)23-7-3-5-9-25(23)26)20-12-10-19-17-21(28-15-14-27)13-11-18(19)16-20;2*1-2-8-6-4-3-5-7-8;1-3-4-5-2;/h2-13,16-17,27H,14-15H2,1H3;2*3-7H,2H2,1H3;3-4H2,1-2H3;1H4. The number of methoxy groups -OCH3 is 1. The van der Waals surface area contributed by atoms with Crippen LogP contribution < -0.4 is 4.74 Å². The molecule has 0 heterocycles. The first-order valence-electron chi connectivity index (χ1n) is 17.5. The molecular formula is C47H56O3. The first kappa shape index (κ1) is 39.7. The van der Waals surface area contributed by atoms with Crippen LogP contribution in [0.4, 0.5) is 0 Å². The molecule has 1 N–H and O–H groups in total. The number of benzene rings is 6. The lowest BCUT2D eigenvalue weighted by Gasteiger charge is -2.28. The maximum Gasteiger partial charge on any atom is 0.120 e. The Morgan fingerprint density at radius 1 is 0.560 bits per heavy atom. The van der Waals surface area contributed by atoms with Crippen molar-refractivity contribution in [2.24, 2.45) is 0 Å². The zero-order valence-corrected chi connectivity index (χ0v) is 29.9. The van der Waals surface area contributed by atoms with Crippen molar-refractivity contribution in [3.8, 4) is 16.9 Å². The predicted octanol–water partition coefficient (Wildman–Crippen LogP) is 11.7. The summed E-state index contributed by atoms with van der Waals surface area (Å²) in [6.45, 7) is 9.97. The fourth-order valence-electron chi connectivity index (χ4n) is 6.18. The molecule has 0 fully saturated rings. The summed E-state index contributed by atoms with van der Waals surface area (Å²) in [6, 6.07) is 51.2. The third-order valence-electron chi connectivity index (χ3n) is 8.88. The number of rotatable bonds is 8. The van der Waals surface area contributed by atoms with Gasteiger partial charge in [0.25, 0.3) is 0 Å². The monoisotopic (exact) mass is 668 g/mol. The molecule has 0 radical (unpaired) electrons. The number of hydrogen-bond acceptors (Lipinski definition) is 3. The van der Waals surface area contributed by atoms with Gasteiger partial charge < -0.3 is 14.6 Å². The molecule has 3 heteroatoms. The van der Waals surface area contributed by atoms with Crippen LogP contribution in [0, 0.1) is 0 Å². The molecule has 0 bridgehead atoms. The van der Waals surface area contributed by atoms with Crippen LogP contribution in [-0.4, -0.2) is 32.0 Å². The molecule has 6 aromatic carbocycles. The van der Waals surface area contributed by atoms with E-state index in [0.717, 1.165) is 37.0 Å². The van der Waals surface area contributed by atoms with Gasteiger partial charge in [-0.2, -0.15) is 0 Å². The molecule has 0 aromatic heterocycles. The summed E-state index contributed by atoms with van der Waals surface area (Å²) in [4.78, 5) is 0. The van der Waals surface area contributed by atoms with E-state index in [1.54, 1.807) is 7.11 Å². The van der Waals surface area contributed by atoms with E-state index in [2.05, 4.69) is 149 Å². The summed E-state index contributed by atoms with van der Waals surface area (Å²) in [5, 5.41) is 11.3. The van der Waals surface area contributed by atoms with E-state index >= 15 is 0 Å². The SMILES string of the molecule is C.CC1(c2ccc3cc(OCCO)ccc3c2)c2ccccc2-c2ccccc21.CCCOC.CCc1ccccc1.CCc1ccccc1. The fraction of sp³-hybridized carbons (Fsp3) is 0.277. The second-order valence-corrected chi connectivity index (χ2v) is 12.2. The number of ether oxygens (including phenoxy) is 2. The van der Waals surface area contributed by atoms with E-state index in [1.165, 1.54) is 44.3 Å². The number of aliphatic hydroxyl groups excluding tert-OH is 1. The van der Waals surface area contributed by atoms with Gasteiger partial charge in [0.1, 0.15) is 12.4 Å². The lowest BCUT2D eigenvalue weighted by molar-refractivity contribution is 0.199. The Kier molecular flexibility index (Phi) is 16.5. The molecule has 0 aliphatic heterocycles. The van der Waals surface area contributed by atoms with Crippen LogP contribution in [0.15, 0.2) is 146 Å². The Balaban J connectivity index is 0.000000250. The zero-order valence-electron chi connectivity index (χ0n) is 29.9. The Morgan fingerprint density at radius 3 is 1.48 bits per heavy atom. The molecule has 3 nitrogen and oxygen atoms in total. The summed E-state index contributed by atoms with van der Waals surface area (Å²) in [7, 11) is 1.71. The van der Waals surface area contributed by atoms with Crippen molar-refractivity contribution in [1.82, 2.24) is 0 Å². The van der Waals surface area contributed by atoms with E-state index in [-0.39, 0.29) is 19.4 Å². The molecule has 6 aromatic rings.